The molecule has 0 spiro atoms. The summed E-state index contributed by atoms with van der Waals surface area (Å²) in [5, 5.41) is 3.90. The van der Waals surface area contributed by atoms with E-state index in [1.165, 1.54) is 12.1 Å². The van der Waals surface area contributed by atoms with Crippen LogP contribution in [0.5, 0.6) is 0 Å². The van der Waals surface area contributed by atoms with Crippen LogP contribution in [0.3, 0.4) is 0 Å². The summed E-state index contributed by atoms with van der Waals surface area (Å²) in [6.45, 7) is 2.63. The molecule has 1 heterocycles. The first-order valence-corrected chi connectivity index (χ1v) is 10.8. The summed E-state index contributed by atoms with van der Waals surface area (Å²) >= 11 is 0. The molecule has 5 nitrogen and oxygen atoms in total. The van der Waals surface area contributed by atoms with Crippen molar-refractivity contribution in [3.8, 4) is 0 Å². The fraction of sp³-hybridized carbons (Fsp3) is 0.632. The number of hydrogen-bond acceptors (Lipinski definition) is 4. The molecule has 2 N–H and O–H groups in total. The number of halogens is 1. The van der Waals surface area contributed by atoms with E-state index in [0.29, 0.717) is 12.8 Å². The van der Waals surface area contributed by atoms with Crippen LogP contribution in [-0.2, 0) is 14.6 Å². The maximum atomic E-state index is 15.3. The summed E-state index contributed by atoms with van der Waals surface area (Å²) in [5.41, 5.74) is 0.788. The fourth-order valence-corrected chi connectivity index (χ4v) is 5.63. The number of amides is 1. The standard InChI is InChI=1S/C19H27FN2O3S/c1-14-5-4-6-16(13-14)26(24,25)19(20)10-8-15(9-11-19)22-18(23)17-7-2-3-12-21-17/h4-6,13,15,17,21H,2-3,7-12H2,1H3,(H,22,23)/t15?,17-,19?/m0/s1. The molecule has 26 heavy (non-hydrogen) atoms. The van der Waals surface area contributed by atoms with Crippen molar-refractivity contribution >= 4 is 15.7 Å². The largest absolute Gasteiger partial charge is 0.352 e. The molecule has 2 fully saturated rings. The minimum absolute atomic E-state index is 0.0360. The second-order valence-electron chi connectivity index (χ2n) is 7.49. The summed E-state index contributed by atoms with van der Waals surface area (Å²) < 4.78 is 40.9. The van der Waals surface area contributed by atoms with Gasteiger partial charge in [0.15, 0.2) is 0 Å². The van der Waals surface area contributed by atoms with E-state index in [0.717, 1.165) is 31.4 Å². The number of rotatable bonds is 4. The first-order valence-electron chi connectivity index (χ1n) is 9.36. The van der Waals surface area contributed by atoms with Crippen LogP contribution in [-0.4, -0.2) is 38.0 Å². The lowest BCUT2D eigenvalue weighted by Crippen LogP contribution is -2.51. The van der Waals surface area contributed by atoms with Crippen molar-refractivity contribution in [2.45, 2.75) is 73.8 Å². The van der Waals surface area contributed by atoms with Crippen molar-refractivity contribution in [2.75, 3.05) is 6.54 Å². The number of hydrogen-bond donors (Lipinski definition) is 2. The maximum absolute atomic E-state index is 15.3. The van der Waals surface area contributed by atoms with Crippen LogP contribution in [0, 0.1) is 6.92 Å². The Balaban J connectivity index is 1.62. The lowest BCUT2D eigenvalue weighted by molar-refractivity contribution is -0.124. The van der Waals surface area contributed by atoms with Crippen LogP contribution >= 0.6 is 0 Å². The van der Waals surface area contributed by atoms with Crippen molar-refractivity contribution < 1.29 is 17.6 Å². The van der Waals surface area contributed by atoms with E-state index in [1.807, 2.05) is 0 Å². The number of alkyl halides is 1. The van der Waals surface area contributed by atoms with Gasteiger partial charge in [-0.05, 0) is 69.7 Å². The average molecular weight is 383 g/mol. The number of benzene rings is 1. The molecule has 3 rings (SSSR count). The van der Waals surface area contributed by atoms with E-state index in [-0.39, 0.29) is 35.7 Å². The van der Waals surface area contributed by atoms with Gasteiger partial charge in [0.2, 0.25) is 20.7 Å². The summed E-state index contributed by atoms with van der Waals surface area (Å²) in [7, 11) is -4.05. The Hall–Kier alpha value is -1.47. The molecule has 144 valence electrons. The SMILES string of the molecule is Cc1cccc(S(=O)(=O)C2(F)CCC(NC(=O)[C@@H]3CCCCN3)CC2)c1. The van der Waals surface area contributed by atoms with Gasteiger partial charge in [0.1, 0.15) is 0 Å². The van der Waals surface area contributed by atoms with Crippen molar-refractivity contribution in [3.05, 3.63) is 29.8 Å². The average Bonchev–Trinajstić information content (AvgIpc) is 2.64. The van der Waals surface area contributed by atoms with E-state index in [2.05, 4.69) is 10.6 Å². The second kappa shape index (κ2) is 7.64. The summed E-state index contributed by atoms with van der Waals surface area (Å²) in [5.74, 6) is -0.0531. The van der Waals surface area contributed by atoms with Crippen molar-refractivity contribution in [1.82, 2.24) is 10.6 Å². The van der Waals surface area contributed by atoms with E-state index in [1.54, 1.807) is 19.1 Å². The zero-order valence-corrected chi connectivity index (χ0v) is 15.9. The summed E-state index contributed by atoms with van der Waals surface area (Å²) in [4.78, 5) is 12.3. The van der Waals surface area contributed by atoms with Gasteiger partial charge in [0.25, 0.3) is 0 Å². The monoisotopic (exact) mass is 382 g/mol. The molecule has 2 aliphatic rings. The van der Waals surface area contributed by atoms with Gasteiger partial charge in [-0.3, -0.25) is 4.79 Å². The van der Waals surface area contributed by atoms with Crippen molar-refractivity contribution in [1.29, 1.82) is 0 Å². The number of aryl methyl sites for hydroxylation is 1. The molecule has 1 atom stereocenters. The molecule has 0 radical (unpaired) electrons. The highest BCUT2D eigenvalue weighted by Gasteiger charge is 2.48. The predicted molar refractivity (Wildman–Crippen MR) is 98.2 cm³/mol. The Morgan fingerprint density at radius 3 is 2.58 bits per heavy atom. The molecular weight excluding hydrogens is 355 g/mol. The minimum Gasteiger partial charge on any atom is -0.352 e. The third-order valence-electron chi connectivity index (χ3n) is 5.49. The molecule has 0 aromatic heterocycles. The van der Waals surface area contributed by atoms with Gasteiger partial charge in [0.05, 0.1) is 10.9 Å². The van der Waals surface area contributed by atoms with Crippen LogP contribution in [0.15, 0.2) is 29.2 Å². The van der Waals surface area contributed by atoms with E-state index in [4.69, 9.17) is 0 Å². The Labute approximate surface area is 154 Å². The number of carbonyl (C=O) groups excluding carboxylic acids is 1. The molecule has 1 saturated carbocycles. The zero-order valence-electron chi connectivity index (χ0n) is 15.1. The van der Waals surface area contributed by atoms with E-state index >= 15 is 4.39 Å². The van der Waals surface area contributed by atoms with Gasteiger partial charge in [-0.2, -0.15) is 0 Å². The molecule has 1 aliphatic carbocycles. The Morgan fingerprint density at radius 1 is 1.23 bits per heavy atom. The van der Waals surface area contributed by atoms with E-state index < -0.39 is 14.8 Å². The molecule has 0 unspecified atom stereocenters. The first-order chi connectivity index (χ1) is 12.3. The third-order valence-corrected chi connectivity index (χ3v) is 7.73. The highest BCUT2D eigenvalue weighted by molar-refractivity contribution is 7.92. The molecule has 1 saturated heterocycles. The van der Waals surface area contributed by atoms with Crippen LogP contribution < -0.4 is 10.6 Å². The van der Waals surface area contributed by atoms with Crippen LogP contribution in [0.4, 0.5) is 4.39 Å². The topological polar surface area (TPSA) is 75.3 Å². The molecular formula is C19H27FN2O3S. The maximum Gasteiger partial charge on any atom is 0.237 e. The highest BCUT2D eigenvalue weighted by atomic mass is 32.2. The summed E-state index contributed by atoms with van der Waals surface area (Å²) in [6.07, 6.45) is 3.40. The van der Waals surface area contributed by atoms with Gasteiger partial charge >= 0.3 is 0 Å². The van der Waals surface area contributed by atoms with Crippen LogP contribution in [0.2, 0.25) is 0 Å². The summed E-state index contributed by atoms with van der Waals surface area (Å²) in [6, 6.07) is 6.04. The zero-order chi connectivity index (χ0) is 18.8. The second-order valence-corrected chi connectivity index (χ2v) is 9.70. The molecule has 1 aliphatic heterocycles. The van der Waals surface area contributed by atoms with Gasteiger partial charge in [-0.1, -0.05) is 18.6 Å². The molecule has 1 amide bonds. The van der Waals surface area contributed by atoms with Crippen LogP contribution in [0.25, 0.3) is 0 Å². The van der Waals surface area contributed by atoms with E-state index in [9.17, 15) is 13.2 Å². The Morgan fingerprint density at radius 2 is 1.96 bits per heavy atom. The first kappa shape index (κ1) is 19.3. The number of sulfone groups is 1. The lowest BCUT2D eigenvalue weighted by Gasteiger charge is -2.34. The smallest absolute Gasteiger partial charge is 0.237 e. The number of piperidine rings is 1. The number of nitrogens with one attached hydrogen (secondary N) is 2. The molecule has 1 aromatic carbocycles. The van der Waals surface area contributed by atoms with Gasteiger partial charge in [0, 0.05) is 6.04 Å². The predicted octanol–water partition coefficient (Wildman–Crippen LogP) is 2.64. The molecule has 0 bridgehead atoms. The normalized spacial score (nSPS) is 29.9. The minimum atomic E-state index is -4.05. The Bertz CT molecular complexity index is 752. The third kappa shape index (κ3) is 3.93. The lowest BCUT2D eigenvalue weighted by atomic mass is 9.93. The Kier molecular flexibility index (Phi) is 5.67. The van der Waals surface area contributed by atoms with Crippen molar-refractivity contribution in [3.63, 3.8) is 0 Å². The van der Waals surface area contributed by atoms with Gasteiger partial charge in [-0.15, -0.1) is 0 Å². The van der Waals surface area contributed by atoms with Crippen LogP contribution in [0.1, 0.15) is 50.5 Å². The van der Waals surface area contributed by atoms with Gasteiger partial charge in [-0.25, -0.2) is 12.8 Å². The molecule has 7 heteroatoms. The quantitative estimate of drug-likeness (QED) is 0.839. The number of carbonyl (C=O) groups is 1. The molecule has 1 aromatic rings. The fourth-order valence-electron chi connectivity index (χ4n) is 3.83. The van der Waals surface area contributed by atoms with Crippen molar-refractivity contribution in [2.24, 2.45) is 0 Å². The highest BCUT2D eigenvalue weighted by Crippen LogP contribution is 2.40. The van der Waals surface area contributed by atoms with Gasteiger partial charge < -0.3 is 10.6 Å².